The molecule has 0 spiro atoms. The molecular weight excluding hydrogens is 520 g/mol. The van der Waals surface area contributed by atoms with Gasteiger partial charge < -0.3 is 4.42 Å². The molecule has 9 aromatic rings. The Bertz CT molecular complexity index is 2480. The van der Waals surface area contributed by atoms with Crippen molar-refractivity contribution in [3.63, 3.8) is 0 Å². The summed E-state index contributed by atoms with van der Waals surface area (Å²) in [5.41, 5.74) is 9.05. The Morgan fingerprint density at radius 3 is 1.42 bits per heavy atom. The van der Waals surface area contributed by atoms with Crippen molar-refractivity contribution < 1.29 is 4.42 Å². The lowest BCUT2D eigenvalue weighted by Gasteiger charge is -2.13. The molecule has 0 saturated heterocycles. The molecule has 0 atom stereocenters. The van der Waals surface area contributed by atoms with Crippen molar-refractivity contribution in [1.82, 2.24) is 0 Å². The Balaban J connectivity index is 1.17. The largest absolute Gasteiger partial charge is 0.456 e. The molecule has 1 heteroatoms. The smallest absolute Gasteiger partial charge is 0.136 e. The number of fused-ring (bicyclic) bond motifs is 9. The van der Waals surface area contributed by atoms with Crippen LogP contribution in [-0.4, -0.2) is 0 Å². The fourth-order valence-corrected chi connectivity index (χ4v) is 6.85. The number of hydrogen-bond acceptors (Lipinski definition) is 1. The molecule has 9 rings (SSSR count). The predicted octanol–water partition coefficient (Wildman–Crippen LogP) is 12.0. The lowest BCUT2D eigenvalue weighted by molar-refractivity contribution is 0.669. The predicted molar refractivity (Wildman–Crippen MR) is 183 cm³/mol. The third-order valence-electron chi connectivity index (χ3n) is 8.85. The SMILES string of the molecule is c1cc(-c2cccc(-c3cccc4oc5ccccc5c34)c2)cc(-c2ccc3c4ccccc4c4ccccc4c3c2)c1. The van der Waals surface area contributed by atoms with E-state index in [4.69, 9.17) is 4.42 Å². The number of furan rings is 1. The molecule has 0 amide bonds. The van der Waals surface area contributed by atoms with E-state index in [-0.39, 0.29) is 0 Å². The van der Waals surface area contributed by atoms with E-state index in [1.807, 2.05) is 12.1 Å². The van der Waals surface area contributed by atoms with Crippen LogP contribution < -0.4 is 0 Å². The third-order valence-corrected chi connectivity index (χ3v) is 8.85. The van der Waals surface area contributed by atoms with Crippen LogP contribution in [0, 0.1) is 0 Å². The minimum Gasteiger partial charge on any atom is -0.456 e. The maximum absolute atomic E-state index is 6.18. The summed E-state index contributed by atoms with van der Waals surface area (Å²) in [4.78, 5) is 0. The molecule has 0 aliphatic rings. The fraction of sp³-hybridized carbons (Fsp3) is 0. The monoisotopic (exact) mass is 546 g/mol. The first-order chi connectivity index (χ1) is 21.3. The lowest BCUT2D eigenvalue weighted by atomic mass is 9.91. The highest BCUT2D eigenvalue weighted by Crippen LogP contribution is 2.39. The van der Waals surface area contributed by atoms with Crippen molar-refractivity contribution >= 4 is 54.3 Å². The zero-order chi connectivity index (χ0) is 28.3. The summed E-state index contributed by atoms with van der Waals surface area (Å²) in [6.07, 6.45) is 0. The Labute approximate surface area is 249 Å². The quantitative estimate of drug-likeness (QED) is 0.201. The number of benzene rings is 8. The number of hydrogen-bond donors (Lipinski definition) is 0. The van der Waals surface area contributed by atoms with E-state index in [2.05, 4.69) is 146 Å². The van der Waals surface area contributed by atoms with Gasteiger partial charge in [0.15, 0.2) is 0 Å². The second-order valence-corrected chi connectivity index (χ2v) is 11.3. The van der Waals surface area contributed by atoms with E-state index in [1.165, 1.54) is 71.1 Å². The van der Waals surface area contributed by atoms with Crippen LogP contribution >= 0.6 is 0 Å². The van der Waals surface area contributed by atoms with Gasteiger partial charge in [-0.15, -0.1) is 0 Å². The summed E-state index contributed by atoms with van der Waals surface area (Å²) in [5, 5.41) is 10.1. The van der Waals surface area contributed by atoms with Crippen LogP contribution in [0.5, 0.6) is 0 Å². The van der Waals surface area contributed by atoms with Crippen molar-refractivity contribution in [2.75, 3.05) is 0 Å². The average Bonchev–Trinajstić information content (AvgIpc) is 3.47. The summed E-state index contributed by atoms with van der Waals surface area (Å²) in [5.74, 6) is 0. The molecule has 0 bridgehead atoms. The summed E-state index contributed by atoms with van der Waals surface area (Å²) >= 11 is 0. The van der Waals surface area contributed by atoms with Crippen molar-refractivity contribution in [3.8, 4) is 33.4 Å². The van der Waals surface area contributed by atoms with Gasteiger partial charge in [-0.1, -0.05) is 127 Å². The zero-order valence-corrected chi connectivity index (χ0v) is 23.4. The van der Waals surface area contributed by atoms with Crippen LogP contribution in [0.1, 0.15) is 0 Å². The van der Waals surface area contributed by atoms with Gasteiger partial charge in [0.25, 0.3) is 0 Å². The van der Waals surface area contributed by atoms with Crippen molar-refractivity contribution in [2.24, 2.45) is 0 Å². The van der Waals surface area contributed by atoms with E-state index in [0.717, 1.165) is 16.6 Å². The van der Waals surface area contributed by atoms with Crippen LogP contribution in [0.4, 0.5) is 0 Å². The van der Waals surface area contributed by atoms with Gasteiger partial charge in [-0.25, -0.2) is 0 Å². The van der Waals surface area contributed by atoms with Gasteiger partial charge in [0.05, 0.1) is 0 Å². The van der Waals surface area contributed by atoms with Crippen molar-refractivity contribution in [1.29, 1.82) is 0 Å². The van der Waals surface area contributed by atoms with Gasteiger partial charge >= 0.3 is 0 Å². The van der Waals surface area contributed by atoms with Crippen LogP contribution in [0.2, 0.25) is 0 Å². The standard InChI is InChI=1S/C42H26O/c1-2-16-35-33(14-1)34-15-3-4-17-36(34)39-26-30(22-23-37(35)39)28-11-7-10-27(24-28)29-12-8-13-31(25-29)32-19-9-21-41-42(32)38-18-5-6-20-40(38)43-41/h1-26H. The first kappa shape index (κ1) is 24.0. The van der Waals surface area contributed by atoms with E-state index in [9.17, 15) is 0 Å². The molecule has 1 nitrogen and oxygen atoms in total. The summed E-state index contributed by atoms with van der Waals surface area (Å²) in [6, 6.07) is 56.8. The van der Waals surface area contributed by atoms with Gasteiger partial charge in [-0.05, 0) is 96.0 Å². The highest BCUT2D eigenvalue weighted by Gasteiger charge is 2.13. The van der Waals surface area contributed by atoms with Crippen LogP contribution in [0.15, 0.2) is 162 Å². The Morgan fingerprint density at radius 1 is 0.279 bits per heavy atom. The highest BCUT2D eigenvalue weighted by molar-refractivity contribution is 6.25. The van der Waals surface area contributed by atoms with Gasteiger partial charge in [-0.2, -0.15) is 0 Å². The molecule has 0 unspecified atom stereocenters. The van der Waals surface area contributed by atoms with Crippen molar-refractivity contribution in [3.05, 3.63) is 158 Å². The molecule has 1 aromatic heterocycles. The van der Waals surface area contributed by atoms with E-state index >= 15 is 0 Å². The number of rotatable bonds is 3. The Hall–Kier alpha value is -5.66. The maximum Gasteiger partial charge on any atom is 0.136 e. The van der Waals surface area contributed by atoms with Crippen LogP contribution in [0.25, 0.3) is 87.6 Å². The average molecular weight is 547 g/mol. The van der Waals surface area contributed by atoms with Gasteiger partial charge in [0, 0.05) is 10.8 Å². The second-order valence-electron chi connectivity index (χ2n) is 11.3. The maximum atomic E-state index is 6.18. The van der Waals surface area contributed by atoms with Gasteiger partial charge in [-0.3, -0.25) is 0 Å². The molecule has 0 N–H and O–H groups in total. The van der Waals surface area contributed by atoms with Crippen LogP contribution in [0.3, 0.4) is 0 Å². The van der Waals surface area contributed by atoms with E-state index < -0.39 is 0 Å². The highest BCUT2D eigenvalue weighted by atomic mass is 16.3. The molecule has 0 saturated carbocycles. The molecule has 0 fully saturated rings. The molecule has 200 valence electrons. The van der Waals surface area contributed by atoms with Crippen LogP contribution in [-0.2, 0) is 0 Å². The Morgan fingerprint density at radius 2 is 0.744 bits per heavy atom. The minimum atomic E-state index is 0.919. The number of para-hydroxylation sites is 1. The summed E-state index contributed by atoms with van der Waals surface area (Å²) < 4.78 is 6.18. The van der Waals surface area contributed by atoms with Gasteiger partial charge in [0.2, 0.25) is 0 Å². The molecule has 43 heavy (non-hydrogen) atoms. The molecule has 0 radical (unpaired) electrons. The van der Waals surface area contributed by atoms with Crippen molar-refractivity contribution in [2.45, 2.75) is 0 Å². The summed E-state index contributed by atoms with van der Waals surface area (Å²) in [7, 11) is 0. The summed E-state index contributed by atoms with van der Waals surface area (Å²) in [6.45, 7) is 0. The van der Waals surface area contributed by atoms with Gasteiger partial charge in [0.1, 0.15) is 11.2 Å². The normalized spacial score (nSPS) is 11.7. The zero-order valence-electron chi connectivity index (χ0n) is 23.4. The molecule has 0 aliphatic heterocycles. The lowest BCUT2D eigenvalue weighted by Crippen LogP contribution is -1.86. The first-order valence-electron chi connectivity index (χ1n) is 14.8. The Kier molecular flexibility index (Phi) is 5.27. The van der Waals surface area contributed by atoms with E-state index in [0.29, 0.717) is 0 Å². The van der Waals surface area contributed by atoms with E-state index in [1.54, 1.807) is 0 Å². The second kappa shape index (κ2) is 9.44. The topological polar surface area (TPSA) is 13.1 Å². The minimum absolute atomic E-state index is 0.919. The molecule has 8 aromatic carbocycles. The molecular formula is C42H26O. The third kappa shape index (κ3) is 3.79. The first-order valence-corrected chi connectivity index (χ1v) is 14.8. The molecule has 1 heterocycles. The fourth-order valence-electron chi connectivity index (χ4n) is 6.85. The molecule has 0 aliphatic carbocycles.